The van der Waals surface area contributed by atoms with E-state index in [0.717, 1.165) is 0 Å². The molecular weight excluding hydrogens is 408 g/mol. The number of hydrogen-bond acceptors (Lipinski definition) is 6. The number of nitro benzene ring substituents is 1. The maximum Gasteiger partial charge on any atom is 0.269 e. The Bertz CT molecular complexity index is 1080. The van der Waals surface area contributed by atoms with Gasteiger partial charge in [-0.05, 0) is 48.6 Å². The van der Waals surface area contributed by atoms with Crippen molar-refractivity contribution < 1.29 is 18.9 Å². The highest BCUT2D eigenvalue weighted by Crippen LogP contribution is 2.16. The van der Waals surface area contributed by atoms with Gasteiger partial charge < -0.3 is 15.1 Å². The average Bonchev–Trinajstić information content (AvgIpc) is 3.26. The van der Waals surface area contributed by atoms with Crippen LogP contribution < -0.4 is 16.0 Å². The molecule has 1 aromatic heterocycles. The molecule has 0 radical (unpaired) electrons. The summed E-state index contributed by atoms with van der Waals surface area (Å²) in [5.74, 6) is -0.277. The van der Waals surface area contributed by atoms with Crippen LogP contribution in [0.1, 0.15) is 26.5 Å². The molecule has 0 spiro atoms. The van der Waals surface area contributed by atoms with Gasteiger partial charge in [0.25, 0.3) is 17.5 Å². The second kappa shape index (κ2) is 9.43. The van der Waals surface area contributed by atoms with Gasteiger partial charge in [0.15, 0.2) is 5.11 Å². The van der Waals surface area contributed by atoms with Gasteiger partial charge in [-0.3, -0.25) is 25.0 Å². The first-order valence-corrected chi connectivity index (χ1v) is 9.11. The lowest BCUT2D eigenvalue weighted by Crippen LogP contribution is -2.35. The highest BCUT2D eigenvalue weighted by atomic mass is 32.1. The number of rotatable bonds is 6. The zero-order valence-corrected chi connectivity index (χ0v) is 16.3. The number of benzene rings is 2. The second-order valence-electron chi connectivity index (χ2n) is 6.02. The molecule has 1 heterocycles. The van der Waals surface area contributed by atoms with E-state index in [1.165, 1.54) is 30.5 Å². The number of carbonyl (C=O) groups is 2. The first-order chi connectivity index (χ1) is 14.4. The topological polar surface area (TPSA) is 127 Å². The van der Waals surface area contributed by atoms with E-state index >= 15 is 0 Å². The maximum atomic E-state index is 12.5. The van der Waals surface area contributed by atoms with E-state index in [-0.39, 0.29) is 28.8 Å². The summed E-state index contributed by atoms with van der Waals surface area (Å²) in [6.45, 7) is 0.224. The average molecular weight is 424 g/mol. The van der Waals surface area contributed by atoms with E-state index in [2.05, 4.69) is 16.0 Å². The van der Waals surface area contributed by atoms with Crippen molar-refractivity contribution in [3.8, 4) is 0 Å². The Kier molecular flexibility index (Phi) is 6.50. The Hall–Kier alpha value is -4.05. The molecule has 3 rings (SSSR count). The summed E-state index contributed by atoms with van der Waals surface area (Å²) >= 11 is 5.16. The highest BCUT2D eigenvalue weighted by molar-refractivity contribution is 7.80. The minimum Gasteiger partial charge on any atom is -0.467 e. The SMILES string of the molecule is O=C(NC(=S)Nc1ccccc1C(=O)NCc1ccco1)c1ccc([N+](=O)[O-])cc1. The molecule has 3 aromatic rings. The van der Waals surface area contributed by atoms with Gasteiger partial charge in [0.05, 0.1) is 29.0 Å². The van der Waals surface area contributed by atoms with E-state index in [4.69, 9.17) is 16.6 Å². The van der Waals surface area contributed by atoms with Crippen molar-refractivity contribution >= 4 is 40.5 Å². The van der Waals surface area contributed by atoms with Crippen molar-refractivity contribution in [1.29, 1.82) is 0 Å². The Morgan fingerprint density at radius 3 is 2.40 bits per heavy atom. The zero-order valence-electron chi connectivity index (χ0n) is 15.5. The van der Waals surface area contributed by atoms with Gasteiger partial charge in [0.2, 0.25) is 0 Å². The van der Waals surface area contributed by atoms with E-state index in [9.17, 15) is 19.7 Å². The monoisotopic (exact) mass is 424 g/mol. The van der Waals surface area contributed by atoms with Crippen molar-refractivity contribution in [2.45, 2.75) is 6.54 Å². The van der Waals surface area contributed by atoms with Crippen LogP contribution in [0.2, 0.25) is 0 Å². The number of non-ortho nitro benzene ring substituents is 1. The van der Waals surface area contributed by atoms with Gasteiger partial charge in [-0.2, -0.15) is 0 Å². The maximum absolute atomic E-state index is 12.5. The molecule has 9 nitrogen and oxygen atoms in total. The van der Waals surface area contributed by atoms with Gasteiger partial charge >= 0.3 is 0 Å². The van der Waals surface area contributed by atoms with Gasteiger partial charge in [-0.1, -0.05) is 12.1 Å². The number of hydrogen-bond donors (Lipinski definition) is 3. The molecule has 2 amide bonds. The summed E-state index contributed by atoms with van der Waals surface area (Å²) in [6, 6.07) is 15.2. The van der Waals surface area contributed by atoms with Crippen LogP contribution in [0, 0.1) is 10.1 Å². The second-order valence-corrected chi connectivity index (χ2v) is 6.43. The molecule has 0 bridgehead atoms. The Labute approximate surface area is 176 Å². The number of anilines is 1. The number of nitrogens with one attached hydrogen (secondary N) is 3. The third kappa shape index (κ3) is 5.26. The standard InChI is InChI=1S/C20H16N4O5S/c25-18(13-7-9-14(10-8-13)24(27)28)23-20(30)22-17-6-2-1-5-16(17)19(26)21-12-15-4-3-11-29-15/h1-11H,12H2,(H,21,26)(H2,22,23,25,30). The lowest BCUT2D eigenvalue weighted by atomic mass is 10.1. The zero-order chi connectivity index (χ0) is 21.5. The van der Waals surface area contributed by atoms with Crippen LogP contribution in [0.25, 0.3) is 0 Å². The van der Waals surface area contributed by atoms with Crippen LogP contribution >= 0.6 is 12.2 Å². The Balaban J connectivity index is 1.62. The molecule has 0 aliphatic carbocycles. The lowest BCUT2D eigenvalue weighted by Gasteiger charge is -2.13. The van der Waals surface area contributed by atoms with Crippen LogP contribution in [0.5, 0.6) is 0 Å². The molecular formula is C20H16N4O5S. The number of amides is 2. The fraction of sp³-hybridized carbons (Fsp3) is 0.0500. The number of nitrogens with zero attached hydrogens (tertiary/aromatic N) is 1. The normalized spacial score (nSPS) is 10.1. The Morgan fingerprint density at radius 1 is 1.00 bits per heavy atom. The molecule has 2 aromatic carbocycles. The first-order valence-electron chi connectivity index (χ1n) is 8.70. The third-order valence-corrected chi connectivity index (χ3v) is 4.19. The number of para-hydroxylation sites is 1. The van der Waals surface area contributed by atoms with Gasteiger partial charge in [-0.15, -0.1) is 0 Å². The molecule has 152 valence electrons. The van der Waals surface area contributed by atoms with E-state index in [1.54, 1.807) is 36.4 Å². The minimum absolute atomic E-state index is 0.0235. The number of nitro groups is 1. The minimum atomic E-state index is -0.554. The lowest BCUT2D eigenvalue weighted by molar-refractivity contribution is -0.384. The predicted molar refractivity (Wildman–Crippen MR) is 113 cm³/mol. The molecule has 0 unspecified atom stereocenters. The van der Waals surface area contributed by atoms with Crippen LogP contribution in [0.3, 0.4) is 0 Å². The van der Waals surface area contributed by atoms with Crippen LogP contribution in [-0.2, 0) is 6.54 Å². The summed E-state index contributed by atoms with van der Waals surface area (Å²) in [6.07, 6.45) is 1.52. The van der Waals surface area contributed by atoms with Gasteiger partial charge in [0.1, 0.15) is 5.76 Å². The van der Waals surface area contributed by atoms with Crippen molar-refractivity contribution in [3.05, 3.63) is 93.9 Å². The fourth-order valence-corrected chi connectivity index (χ4v) is 2.73. The van der Waals surface area contributed by atoms with Crippen molar-refractivity contribution in [2.24, 2.45) is 0 Å². The van der Waals surface area contributed by atoms with Gasteiger partial charge in [-0.25, -0.2) is 0 Å². The first kappa shape index (κ1) is 20.7. The summed E-state index contributed by atoms with van der Waals surface area (Å²) < 4.78 is 5.18. The molecule has 0 aliphatic rings. The number of carbonyl (C=O) groups excluding carboxylic acids is 2. The van der Waals surface area contributed by atoms with Crippen molar-refractivity contribution in [2.75, 3.05) is 5.32 Å². The third-order valence-electron chi connectivity index (χ3n) is 3.99. The summed E-state index contributed by atoms with van der Waals surface area (Å²) in [5, 5.41) is 18.7. The largest absolute Gasteiger partial charge is 0.467 e. The summed E-state index contributed by atoms with van der Waals surface area (Å²) in [7, 11) is 0. The van der Waals surface area contributed by atoms with Crippen LogP contribution in [-0.4, -0.2) is 21.9 Å². The molecule has 10 heteroatoms. The fourth-order valence-electron chi connectivity index (χ4n) is 2.53. The van der Waals surface area contributed by atoms with E-state index in [0.29, 0.717) is 17.0 Å². The van der Waals surface area contributed by atoms with Crippen molar-refractivity contribution in [1.82, 2.24) is 10.6 Å². The van der Waals surface area contributed by atoms with E-state index < -0.39 is 10.8 Å². The molecule has 30 heavy (non-hydrogen) atoms. The molecule has 0 atom stereocenters. The molecule has 0 fully saturated rings. The van der Waals surface area contributed by atoms with E-state index in [1.807, 2.05) is 0 Å². The summed E-state index contributed by atoms with van der Waals surface area (Å²) in [4.78, 5) is 34.9. The van der Waals surface area contributed by atoms with Crippen molar-refractivity contribution in [3.63, 3.8) is 0 Å². The molecule has 3 N–H and O–H groups in total. The van der Waals surface area contributed by atoms with Crippen LogP contribution in [0.15, 0.2) is 71.3 Å². The highest BCUT2D eigenvalue weighted by Gasteiger charge is 2.14. The quantitative estimate of drug-likeness (QED) is 0.315. The summed E-state index contributed by atoms with van der Waals surface area (Å²) in [5.41, 5.74) is 0.815. The van der Waals surface area contributed by atoms with Crippen LogP contribution in [0.4, 0.5) is 11.4 Å². The Morgan fingerprint density at radius 2 is 1.73 bits per heavy atom. The van der Waals surface area contributed by atoms with Gasteiger partial charge in [0, 0.05) is 17.7 Å². The number of thiocarbonyl (C=S) groups is 1. The predicted octanol–water partition coefficient (Wildman–Crippen LogP) is 3.24. The smallest absolute Gasteiger partial charge is 0.269 e. The molecule has 0 aliphatic heterocycles. The molecule has 0 saturated heterocycles. The molecule has 0 saturated carbocycles. The number of furan rings is 1.